The lowest BCUT2D eigenvalue weighted by Crippen LogP contribution is -2.43. The van der Waals surface area contributed by atoms with Crippen molar-refractivity contribution in [2.75, 3.05) is 24.2 Å². The quantitative estimate of drug-likeness (QED) is 0.409. The van der Waals surface area contributed by atoms with Gasteiger partial charge in [-0.1, -0.05) is 30.3 Å². The number of piperidine rings is 1. The SMILES string of the molecule is NNc1cc(C(=O)N2CCC(C(=O)N3N=CCC3c3ccccc3)CC2)ccc1N. The summed E-state index contributed by atoms with van der Waals surface area (Å²) in [6, 6.07) is 14.9. The van der Waals surface area contributed by atoms with Crippen molar-refractivity contribution in [3.8, 4) is 0 Å². The molecule has 8 nitrogen and oxygen atoms in total. The maximum atomic E-state index is 13.1. The maximum absolute atomic E-state index is 13.1. The molecule has 0 radical (unpaired) electrons. The molecule has 2 aromatic carbocycles. The van der Waals surface area contributed by atoms with Gasteiger partial charge in [0.2, 0.25) is 5.91 Å². The van der Waals surface area contributed by atoms with Crippen molar-refractivity contribution in [1.29, 1.82) is 0 Å². The Balaban J connectivity index is 1.39. The van der Waals surface area contributed by atoms with Gasteiger partial charge in [-0.15, -0.1) is 0 Å². The number of likely N-dealkylation sites (tertiary alicyclic amines) is 1. The molecular formula is C22H26N6O2. The second-order valence-electron chi connectivity index (χ2n) is 7.66. The van der Waals surface area contributed by atoms with Crippen molar-refractivity contribution in [2.24, 2.45) is 16.9 Å². The van der Waals surface area contributed by atoms with E-state index in [1.165, 1.54) is 0 Å². The van der Waals surface area contributed by atoms with Gasteiger partial charge in [-0.25, -0.2) is 5.01 Å². The number of hydrazine groups is 1. The van der Waals surface area contributed by atoms with Crippen LogP contribution in [0.2, 0.25) is 0 Å². The molecular weight excluding hydrogens is 380 g/mol. The Morgan fingerprint density at radius 3 is 2.50 bits per heavy atom. The zero-order valence-corrected chi connectivity index (χ0v) is 16.7. The van der Waals surface area contributed by atoms with Gasteiger partial charge >= 0.3 is 0 Å². The van der Waals surface area contributed by atoms with E-state index in [0.29, 0.717) is 42.9 Å². The Labute approximate surface area is 175 Å². The van der Waals surface area contributed by atoms with Gasteiger partial charge in [-0.2, -0.15) is 5.10 Å². The molecule has 2 aliphatic rings. The van der Waals surface area contributed by atoms with Crippen LogP contribution in [-0.2, 0) is 4.79 Å². The standard InChI is InChI=1S/C22H26N6O2/c23-18-7-6-17(14-19(18)26-24)21(29)27-12-9-16(10-13-27)22(30)28-20(8-11-25-28)15-4-2-1-3-5-15/h1-7,11,14,16,20,26H,8-10,12-13,23-24H2. The number of anilines is 2. The zero-order chi connectivity index (χ0) is 21.1. The maximum Gasteiger partial charge on any atom is 0.253 e. The molecule has 1 fully saturated rings. The number of nitrogens with one attached hydrogen (secondary N) is 1. The van der Waals surface area contributed by atoms with Crippen molar-refractivity contribution in [1.82, 2.24) is 9.91 Å². The van der Waals surface area contributed by atoms with Crippen molar-refractivity contribution in [3.63, 3.8) is 0 Å². The highest BCUT2D eigenvalue weighted by atomic mass is 16.2. The highest BCUT2D eigenvalue weighted by molar-refractivity contribution is 5.96. The molecule has 0 saturated carbocycles. The molecule has 156 valence electrons. The number of nitrogen functional groups attached to an aromatic ring is 2. The number of carbonyl (C=O) groups excluding carboxylic acids is 2. The van der Waals surface area contributed by atoms with E-state index in [9.17, 15) is 9.59 Å². The minimum Gasteiger partial charge on any atom is -0.397 e. The molecule has 2 heterocycles. The number of carbonyl (C=O) groups is 2. The summed E-state index contributed by atoms with van der Waals surface area (Å²) in [5, 5.41) is 5.97. The molecule has 2 amide bonds. The van der Waals surface area contributed by atoms with Crippen LogP contribution in [0.15, 0.2) is 53.6 Å². The van der Waals surface area contributed by atoms with Gasteiger partial charge in [-0.05, 0) is 36.6 Å². The van der Waals surface area contributed by atoms with Gasteiger partial charge in [0.1, 0.15) is 0 Å². The molecule has 0 aromatic heterocycles. The molecule has 1 unspecified atom stereocenters. The topological polar surface area (TPSA) is 117 Å². The highest BCUT2D eigenvalue weighted by Crippen LogP contribution is 2.32. The number of hydrogen-bond acceptors (Lipinski definition) is 6. The summed E-state index contributed by atoms with van der Waals surface area (Å²) in [4.78, 5) is 27.7. The molecule has 0 aliphatic carbocycles. The Morgan fingerprint density at radius 2 is 1.80 bits per heavy atom. The molecule has 5 N–H and O–H groups in total. The van der Waals surface area contributed by atoms with Crippen LogP contribution in [0.4, 0.5) is 11.4 Å². The minimum atomic E-state index is -0.136. The van der Waals surface area contributed by atoms with Gasteiger partial charge in [0, 0.05) is 37.2 Å². The number of nitrogens with zero attached hydrogens (tertiary/aromatic N) is 3. The van der Waals surface area contributed by atoms with E-state index in [0.717, 1.165) is 12.0 Å². The molecule has 2 aromatic rings. The molecule has 1 saturated heterocycles. The number of amides is 2. The molecule has 2 aliphatic heterocycles. The summed E-state index contributed by atoms with van der Waals surface area (Å²) in [6.07, 6.45) is 3.77. The summed E-state index contributed by atoms with van der Waals surface area (Å²) >= 11 is 0. The number of hydrogen-bond donors (Lipinski definition) is 3. The lowest BCUT2D eigenvalue weighted by Gasteiger charge is -2.34. The third-order valence-electron chi connectivity index (χ3n) is 5.83. The normalized spacial score (nSPS) is 19.2. The lowest BCUT2D eigenvalue weighted by molar-refractivity contribution is -0.138. The van der Waals surface area contributed by atoms with Crippen LogP contribution in [0.25, 0.3) is 0 Å². The second kappa shape index (κ2) is 8.54. The van der Waals surface area contributed by atoms with Gasteiger partial charge in [0.25, 0.3) is 5.91 Å². The van der Waals surface area contributed by atoms with Crippen molar-refractivity contribution in [2.45, 2.75) is 25.3 Å². The zero-order valence-electron chi connectivity index (χ0n) is 16.7. The van der Waals surface area contributed by atoms with E-state index >= 15 is 0 Å². The predicted molar refractivity (Wildman–Crippen MR) is 116 cm³/mol. The van der Waals surface area contributed by atoms with Gasteiger partial charge in [0.05, 0.1) is 17.4 Å². The summed E-state index contributed by atoms with van der Waals surface area (Å²) < 4.78 is 0. The fraction of sp³-hybridized carbons (Fsp3) is 0.318. The third-order valence-corrected chi connectivity index (χ3v) is 5.83. The van der Waals surface area contributed by atoms with Crippen LogP contribution in [0.1, 0.15) is 41.2 Å². The monoisotopic (exact) mass is 406 g/mol. The van der Waals surface area contributed by atoms with Gasteiger partial charge in [-0.3, -0.25) is 15.4 Å². The Bertz CT molecular complexity index is 953. The average molecular weight is 406 g/mol. The third kappa shape index (κ3) is 3.86. The van der Waals surface area contributed by atoms with Crippen LogP contribution in [-0.4, -0.2) is 41.0 Å². The molecule has 1 atom stereocenters. The predicted octanol–water partition coefficient (Wildman–Crippen LogP) is 2.37. The summed E-state index contributed by atoms with van der Waals surface area (Å²) in [6.45, 7) is 1.05. The Kier molecular flexibility index (Phi) is 5.67. The first-order valence-corrected chi connectivity index (χ1v) is 10.1. The number of hydrazone groups is 1. The molecule has 0 spiro atoms. The van der Waals surface area contributed by atoms with E-state index in [1.807, 2.05) is 30.3 Å². The van der Waals surface area contributed by atoms with Crippen LogP contribution in [0, 0.1) is 5.92 Å². The van der Waals surface area contributed by atoms with Crippen LogP contribution >= 0.6 is 0 Å². The highest BCUT2D eigenvalue weighted by Gasteiger charge is 2.35. The lowest BCUT2D eigenvalue weighted by atomic mass is 9.94. The Morgan fingerprint density at radius 1 is 1.07 bits per heavy atom. The minimum absolute atomic E-state index is 0.0341. The average Bonchev–Trinajstić information content (AvgIpc) is 3.29. The molecule has 4 rings (SSSR count). The van der Waals surface area contributed by atoms with E-state index in [-0.39, 0.29) is 23.8 Å². The Hall–Kier alpha value is -3.39. The molecule has 30 heavy (non-hydrogen) atoms. The molecule has 8 heteroatoms. The molecule has 0 bridgehead atoms. The summed E-state index contributed by atoms with van der Waals surface area (Å²) in [7, 11) is 0. The smallest absolute Gasteiger partial charge is 0.253 e. The van der Waals surface area contributed by atoms with E-state index in [1.54, 1.807) is 34.3 Å². The van der Waals surface area contributed by atoms with E-state index in [4.69, 9.17) is 11.6 Å². The van der Waals surface area contributed by atoms with Crippen LogP contribution < -0.4 is 17.0 Å². The van der Waals surface area contributed by atoms with Crippen LogP contribution in [0.5, 0.6) is 0 Å². The van der Waals surface area contributed by atoms with E-state index in [2.05, 4.69) is 10.5 Å². The van der Waals surface area contributed by atoms with Crippen molar-refractivity contribution >= 4 is 29.4 Å². The van der Waals surface area contributed by atoms with Gasteiger partial charge in [0.15, 0.2) is 0 Å². The van der Waals surface area contributed by atoms with Gasteiger partial charge < -0.3 is 16.1 Å². The number of nitrogens with two attached hydrogens (primary N) is 2. The van der Waals surface area contributed by atoms with Crippen molar-refractivity contribution < 1.29 is 9.59 Å². The first kappa shape index (κ1) is 19.9. The fourth-order valence-corrected chi connectivity index (χ4v) is 4.09. The summed E-state index contributed by atoms with van der Waals surface area (Å²) in [5.74, 6) is 5.27. The largest absolute Gasteiger partial charge is 0.397 e. The second-order valence-corrected chi connectivity index (χ2v) is 7.66. The first-order chi connectivity index (χ1) is 14.6. The van der Waals surface area contributed by atoms with Crippen LogP contribution in [0.3, 0.4) is 0 Å². The van der Waals surface area contributed by atoms with E-state index < -0.39 is 0 Å². The summed E-state index contributed by atoms with van der Waals surface area (Å²) in [5.41, 5.74) is 10.9. The number of rotatable bonds is 4. The fourth-order valence-electron chi connectivity index (χ4n) is 4.09. The van der Waals surface area contributed by atoms with Crippen molar-refractivity contribution in [3.05, 3.63) is 59.7 Å². The number of benzene rings is 2. The first-order valence-electron chi connectivity index (χ1n) is 10.1.